The van der Waals surface area contributed by atoms with Crippen molar-refractivity contribution in [3.05, 3.63) is 52.3 Å². The molecule has 3 rings (SSSR count). The Balaban J connectivity index is 1.71. The van der Waals surface area contributed by atoms with E-state index in [0.717, 1.165) is 24.2 Å². The zero-order valence-corrected chi connectivity index (χ0v) is 17.0. The quantitative estimate of drug-likeness (QED) is 0.526. The predicted molar refractivity (Wildman–Crippen MR) is 115 cm³/mol. The molecular weight excluding hydrogens is 352 g/mol. The minimum absolute atomic E-state index is 0.201. The van der Waals surface area contributed by atoms with Gasteiger partial charge in [0, 0.05) is 32.7 Å². The van der Waals surface area contributed by atoms with Crippen LogP contribution in [0.2, 0.25) is 0 Å². The summed E-state index contributed by atoms with van der Waals surface area (Å²) in [4.78, 5) is 26.2. The zero-order chi connectivity index (χ0) is 19.9. The van der Waals surface area contributed by atoms with E-state index in [4.69, 9.17) is 0 Å². The van der Waals surface area contributed by atoms with Crippen LogP contribution in [0.3, 0.4) is 0 Å². The van der Waals surface area contributed by atoms with Crippen LogP contribution in [0.5, 0.6) is 0 Å². The summed E-state index contributed by atoms with van der Waals surface area (Å²) in [6.45, 7) is 3.05. The second kappa shape index (κ2) is 9.39. The van der Waals surface area contributed by atoms with Crippen molar-refractivity contribution in [2.75, 3.05) is 31.0 Å². The van der Waals surface area contributed by atoms with Crippen molar-refractivity contribution in [2.24, 2.45) is 0 Å². The Morgan fingerprint density at radius 3 is 2.57 bits per heavy atom. The van der Waals surface area contributed by atoms with Gasteiger partial charge in [-0.05, 0) is 24.1 Å². The number of aromatic amines is 1. The Bertz CT molecular complexity index is 942. The summed E-state index contributed by atoms with van der Waals surface area (Å²) in [5.41, 5.74) is 6.30. The van der Waals surface area contributed by atoms with E-state index in [-0.39, 0.29) is 5.56 Å². The van der Waals surface area contributed by atoms with Crippen LogP contribution in [-0.2, 0) is 6.42 Å². The Morgan fingerprint density at radius 2 is 1.86 bits per heavy atom. The van der Waals surface area contributed by atoms with E-state index in [1.807, 2.05) is 14.1 Å². The van der Waals surface area contributed by atoms with Gasteiger partial charge in [0.1, 0.15) is 12.2 Å². The van der Waals surface area contributed by atoms with Crippen LogP contribution in [0, 0.1) is 0 Å². The van der Waals surface area contributed by atoms with Crippen LogP contribution in [0.1, 0.15) is 50.4 Å². The van der Waals surface area contributed by atoms with E-state index in [0.29, 0.717) is 23.4 Å². The van der Waals surface area contributed by atoms with Crippen LogP contribution < -0.4 is 15.9 Å². The molecule has 0 aliphatic rings. The number of imidazole rings is 1. The number of hydrogen-bond donors (Lipinski definition) is 2. The second-order valence-electron chi connectivity index (χ2n) is 7.36. The van der Waals surface area contributed by atoms with Crippen molar-refractivity contribution in [3.63, 3.8) is 0 Å². The van der Waals surface area contributed by atoms with Crippen molar-refractivity contribution in [1.29, 1.82) is 0 Å². The molecule has 0 saturated heterocycles. The maximum absolute atomic E-state index is 12.4. The van der Waals surface area contributed by atoms with Crippen molar-refractivity contribution < 1.29 is 0 Å². The highest BCUT2D eigenvalue weighted by Gasteiger charge is 2.11. The number of fused-ring (bicyclic) bond motifs is 1. The maximum Gasteiger partial charge on any atom is 0.279 e. The lowest BCUT2D eigenvalue weighted by atomic mass is 10.1. The Labute approximate surface area is 165 Å². The second-order valence-corrected chi connectivity index (χ2v) is 7.36. The lowest BCUT2D eigenvalue weighted by Gasteiger charge is -2.12. The normalized spacial score (nSPS) is 11.1. The number of nitrogens with one attached hydrogen (secondary N) is 2. The topological polar surface area (TPSA) is 78.8 Å². The SMILES string of the molecule is CCCCCCCNn1cnc2c(=O)[nH]c(Cc3ccc(N(C)C)cc3)nc21. The molecule has 2 N–H and O–H groups in total. The van der Waals surface area contributed by atoms with Crippen LogP contribution in [0.15, 0.2) is 35.4 Å². The third kappa shape index (κ3) is 4.91. The molecule has 2 heterocycles. The number of H-pyrrole nitrogens is 1. The van der Waals surface area contributed by atoms with Gasteiger partial charge in [0.15, 0.2) is 11.2 Å². The highest BCUT2D eigenvalue weighted by molar-refractivity contribution is 5.69. The van der Waals surface area contributed by atoms with Gasteiger partial charge in [-0.2, -0.15) is 0 Å². The average Bonchev–Trinajstić information content (AvgIpc) is 3.08. The molecular formula is C21H30N6O. The fourth-order valence-electron chi connectivity index (χ4n) is 3.19. The van der Waals surface area contributed by atoms with Gasteiger partial charge in [-0.3, -0.25) is 4.79 Å². The molecule has 0 atom stereocenters. The summed E-state index contributed by atoms with van der Waals surface area (Å²) in [7, 11) is 4.03. The third-order valence-corrected chi connectivity index (χ3v) is 4.84. The summed E-state index contributed by atoms with van der Waals surface area (Å²) in [5, 5.41) is 0. The largest absolute Gasteiger partial charge is 0.378 e. The summed E-state index contributed by atoms with van der Waals surface area (Å²) < 4.78 is 1.77. The third-order valence-electron chi connectivity index (χ3n) is 4.84. The van der Waals surface area contributed by atoms with Crippen LogP contribution >= 0.6 is 0 Å². The Hall–Kier alpha value is -2.83. The Morgan fingerprint density at radius 1 is 1.11 bits per heavy atom. The first-order valence-corrected chi connectivity index (χ1v) is 10.0. The van der Waals surface area contributed by atoms with E-state index >= 15 is 0 Å². The monoisotopic (exact) mass is 382 g/mol. The van der Waals surface area contributed by atoms with Crippen LogP contribution in [0.25, 0.3) is 11.2 Å². The molecule has 0 amide bonds. The minimum Gasteiger partial charge on any atom is -0.378 e. The zero-order valence-electron chi connectivity index (χ0n) is 17.0. The van der Waals surface area contributed by atoms with Crippen molar-refractivity contribution >= 4 is 16.9 Å². The fourth-order valence-corrected chi connectivity index (χ4v) is 3.19. The molecule has 0 unspecified atom stereocenters. The van der Waals surface area contributed by atoms with Crippen LogP contribution in [-0.4, -0.2) is 40.3 Å². The van der Waals surface area contributed by atoms with Gasteiger partial charge < -0.3 is 15.3 Å². The molecule has 3 aromatic rings. The number of rotatable bonds is 10. The van der Waals surface area contributed by atoms with E-state index in [1.165, 1.54) is 25.7 Å². The van der Waals surface area contributed by atoms with Gasteiger partial charge in [-0.15, -0.1) is 0 Å². The number of benzene rings is 1. The van der Waals surface area contributed by atoms with Crippen molar-refractivity contribution in [1.82, 2.24) is 19.6 Å². The number of hydrogen-bond acceptors (Lipinski definition) is 5. The number of unbranched alkanes of at least 4 members (excludes halogenated alkanes) is 4. The van der Waals surface area contributed by atoms with E-state index in [1.54, 1.807) is 11.0 Å². The summed E-state index contributed by atoms with van der Waals surface area (Å²) in [6.07, 6.45) is 8.29. The smallest absolute Gasteiger partial charge is 0.279 e. The maximum atomic E-state index is 12.4. The van der Waals surface area contributed by atoms with E-state index in [2.05, 4.69) is 56.5 Å². The molecule has 1 aromatic carbocycles. The molecule has 7 nitrogen and oxygen atoms in total. The first-order valence-electron chi connectivity index (χ1n) is 10.0. The van der Waals surface area contributed by atoms with Crippen LogP contribution in [0.4, 0.5) is 5.69 Å². The molecule has 0 aliphatic heterocycles. The molecule has 2 aromatic heterocycles. The lowest BCUT2D eigenvalue weighted by molar-refractivity contribution is 0.632. The molecule has 7 heteroatoms. The Kier molecular flexibility index (Phi) is 6.68. The molecule has 0 saturated carbocycles. The first-order chi connectivity index (χ1) is 13.6. The molecule has 0 spiro atoms. The number of nitrogens with zero attached hydrogens (tertiary/aromatic N) is 4. The van der Waals surface area contributed by atoms with Crippen molar-refractivity contribution in [3.8, 4) is 0 Å². The number of aromatic nitrogens is 4. The molecule has 150 valence electrons. The van der Waals surface area contributed by atoms with Gasteiger partial charge in [0.25, 0.3) is 5.56 Å². The molecule has 28 heavy (non-hydrogen) atoms. The first kappa shape index (κ1) is 19.9. The fraction of sp³-hybridized carbons (Fsp3) is 0.476. The average molecular weight is 383 g/mol. The van der Waals surface area contributed by atoms with Gasteiger partial charge in [0.05, 0.1) is 0 Å². The summed E-state index contributed by atoms with van der Waals surface area (Å²) >= 11 is 0. The van der Waals surface area contributed by atoms with E-state index in [9.17, 15) is 4.79 Å². The lowest BCUT2D eigenvalue weighted by Crippen LogP contribution is -2.18. The van der Waals surface area contributed by atoms with Gasteiger partial charge in [-0.1, -0.05) is 44.7 Å². The molecule has 0 bridgehead atoms. The standard InChI is InChI=1S/C21H30N6O/c1-4-5-6-7-8-13-23-27-15-22-19-20(27)24-18(25-21(19)28)14-16-9-11-17(12-10-16)26(2)3/h9-12,15,23H,4-8,13-14H2,1-3H3,(H,24,25,28). The molecule has 0 fully saturated rings. The van der Waals surface area contributed by atoms with E-state index < -0.39 is 0 Å². The predicted octanol–water partition coefficient (Wildman–Crippen LogP) is 3.29. The summed E-state index contributed by atoms with van der Waals surface area (Å²) in [6, 6.07) is 8.25. The van der Waals surface area contributed by atoms with Gasteiger partial charge in [-0.25, -0.2) is 14.6 Å². The number of anilines is 1. The molecule has 0 radical (unpaired) electrons. The van der Waals surface area contributed by atoms with Crippen molar-refractivity contribution in [2.45, 2.75) is 45.4 Å². The van der Waals surface area contributed by atoms with Gasteiger partial charge >= 0.3 is 0 Å². The van der Waals surface area contributed by atoms with Gasteiger partial charge in [0.2, 0.25) is 0 Å². The summed E-state index contributed by atoms with van der Waals surface area (Å²) in [5.74, 6) is 0.640. The highest BCUT2D eigenvalue weighted by atomic mass is 16.1. The molecule has 0 aliphatic carbocycles. The minimum atomic E-state index is -0.201. The highest BCUT2D eigenvalue weighted by Crippen LogP contribution is 2.14.